The number of ether oxygens (including phenoxy) is 1. The summed E-state index contributed by atoms with van der Waals surface area (Å²) in [7, 11) is 0. The number of anilines is 1. The number of alkyl halides is 3. The van der Waals surface area contributed by atoms with Crippen LogP contribution in [0, 0.1) is 0 Å². The zero-order valence-corrected chi connectivity index (χ0v) is 23.2. The fourth-order valence-corrected chi connectivity index (χ4v) is 7.61. The summed E-state index contributed by atoms with van der Waals surface area (Å²) in [5, 5.41) is 3.69. The Balaban J connectivity index is 0.00000289. The number of thiophene rings is 1. The first kappa shape index (κ1) is 27.3. The van der Waals surface area contributed by atoms with Crippen LogP contribution >= 0.6 is 23.7 Å². The molecule has 7 nitrogen and oxygen atoms in total. The maximum atomic E-state index is 14.1. The number of rotatable bonds is 4. The summed E-state index contributed by atoms with van der Waals surface area (Å²) < 4.78 is 48.8. The monoisotopic (exact) mass is 592 g/mol. The van der Waals surface area contributed by atoms with E-state index in [-0.39, 0.29) is 60.9 Å². The lowest BCUT2D eigenvalue weighted by Crippen LogP contribution is -2.46. The molecule has 7 rings (SSSR count). The van der Waals surface area contributed by atoms with Crippen molar-refractivity contribution >= 4 is 51.5 Å². The molecule has 212 valence electrons. The highest BCUT2D eigenvalue weighted by Gasteiger charge is 2.46. The molecule has 3 aromatic rings. The first-order chi connectivity index (χ1) is 18.7. The number of hydrogen-bond acceptors (Lipinski definition) is 7. The Morgan fingerprint density at radius 3 is 2.58 bits per heavy atom. The smallest absolute Gasteiger partial charge is 0.416 e. The predicted octanol–water partition coefficient (Wildman–Crippen LogP) is 5.54. The van der Waals surface area contributed by atoms with E-state index in [1.807, 2.05) is 6.07 Å². The molecular formula is C28H28ClF3N4O3S. The number of imide groups is 1. The number of halogens is 4. The van der Waals surface area contributed by atoms with E-state index in [0.717, 1.165) is 41.5 Å². The van der Waals surface area contributed by atoms with Gasteiger partial charge in [-0.15, -0.1) is 23.7 Å². The number of pyridine rings is 1. The van der Waals surface area contributed by atoms with E-state index >= 15 is 0 Å². The van der Waals surface area contributed by atoms with E-state index in [1.54, 1.807) is 12.3 Å². The molecule has 40 heavy (non-hydrogen) atoms. The second kappa shape index (κ2) is 9.88. The molecule has 1 N–H and O–H groups in total. The van der Waals surface area contributed by atoms with Crippen LogP contribution in [0.2, 0.25) is 0 Å². The van der Waals surface area contributed by atoms with Crippen molar-refractivity contribution in [3.8, 4) is 16.9 Å². The number of nitrogens with one attached hydrogen (secondary N) is 1. The molecule has 0 bridgehead atoms. The lowest BCUT2D eigenvalue weighted by atomic mass is 9.75. The molecule has 12 heteroatoms. The molecular weight excluding hydrogens is 565 g/mol. The van der Waals surface area contributed by atoms with Crippen molar-refractivity contribution in [1.29, 1.82) is 0 Å². The lowest BCUT2D eigenvalue weighted by Gasteiger charge is -2.41. The van der Waals surface area contributed by atoms with Gasteiger partial charge in [0.2, 0.25) is 11.8 Å². The summed E-state index contributed by atoms with van der Waals surface area (Å²) in [5.74, 6) is -0.171. The van der Waals surface area contributed by atoms with Gasteiger partial charge in [0.05, 0.1) is 34.6 Å². The number of carbonyl (C=O) groups is 2. The standard InChI is InChI=1S/C28H27F3N4O3S.ClH/c29-28(30,31)16-10-20(25-22(11-16)38-9-8-34(25)17-13-27(33-14-17)5-1-6-27)19-4-7-32-21-12-18(39-26(19)21)15-35-23(36)2-3-24(35)37;/h4,7,10-12,17,33H,1-3,5-6,8-9,13-15H2;1H. The number of amides is 2. The number of aromatic nitrogens is 1. The van der Waals surface area contributed by atoms with Gasteiger partial charge in [0, 0.05) is 53.2 Å². The van der Waals surface area contributed by atoms with Crippen LogP contribution in [-0.2, 0) is 22.3 Å². The van der Waals surface area contributed by atoms with E-state index in [1.165, 1.54) is 28.7 Å². The molecule has 0 radical (unpaired) electrons. The Morgan fingerprint density at radius 2 is 1.90 bits per heavy atom. The van der Waals surface area contributed by atoms with Crippen molar-refractivity contribution in [3.63, 3.8) is 0 Å². The second-order valence-corrected chi connectivity index (χ2v) is 12.1. The second-order valence-electron chi connectivity index (χ2n) is 10.9. The number of nitrogens with zero attached hydrogens (tertiary/aromatic N) is 3. The molecule has 1 saturated carbocycles. The van der Waals surface area contributed by atoms with E-state index < -0.39 is 11.7 Å². The van der Waals surface area contributed by atoms with Crippen molar-refractivity contribution < 1.29 is 27.5 Å². The number of benzene rings is 1. The van der Waals surface area contributed by atoms with Crippen molar-refractivity contribution in [2.75, 3.05) is 24.6 Å². The van der Waals surface area contributed by atoms with Gasteiger partial charge < -0.3 is 15.0 Å². The Kier molecular flexibility index (Phi) is 6.74. The Morgan fingerprint density at radius 1 is 1.12 bits per heavy atom. The first-order valence-corrected chi connectivity index (χ1v) is 14.1. The Bertz CT molecular complexity index is 1490. The predicted molar refractivity (Wildman–Crippen MR) is 148 cm³/mol. The molecule has 1 unspecified atom stereocenters. The fraction of sp³-hybridized carbons (Fsp3) is 0.464. The fourth-order valence-electron chi connectivity index (χ4n) is 6.48. The normalized spacial score (nSPS) is 21.9. The summed E-state index contributed by atoms with van der Waals surface area (Å²) in [5.41, 5.74) is 1.79. The van der Waals surface area contributed by atoms with Gasteiger partial charge in [-0.25, -0.2) is 0 Å². The first-order valence-electron chi connectivity index (χ1n) is 13.3. The zero-order chi connectivity index (χ0) is 26.9. The highest BCUT2D eigenvalue weighted by Crippen LogP contribution is 2.50. The molecule has 3 fully saturated rings. The molecule has 1 spiro atoms. The quantitative estimate of drug-likeness (QED) is 0.401. The topological polar surface area (TPSA) is 74.8 Å². The molecule has 3 aliphatic heterocycles. The van der Waals surface area contributed by atoms with Gasteiger partial charge in [-0.3, -0.25) is 19.5 Å². The summed E-state index contributed by atoms with van der Waals surface area (Å²) in [6.07, 6.45) is 1.89. The number of likely N-dealkylation sites (tertiary alicyclic amines) is 1. The van der Waals surface area contributed by atoms with Crippen molar-refractivity contribution in [3.05, 3.63) is 40.9 Å². The third kappa shape index (κ3) is 4.52. The minimum Gasteiger partial charge on any atom is -0.490 e. The molecule has 2 amide bonds. The van der Waals surface area contributed by atoms with E-state index in [4.69, 9.17) is 4.74 Å². The molecule has 1 atom stereocenters. The largest absolute Gasteiger partial charge is 0.490 e. The SMILES string of the molecule is Cl.O=C1CCC(=O)N1Cc1cc2nccc(-c3cc(C(F)(F)F)cc4c3N(C3CNC5(CCC5)C3)CCO4)c2s1. The maximum Gasteiger partial charge on any atom is 0.416 e. The molecule has 1 aromatic carbocycles. The van der Waals surface area contributed by atoms with Crippen LogP contribution in [0.15, 0.2) is 30.5 Å². The molecule has 2 saturated heterocycles. The molecule has 5 heterocycles. The van der Waals surface area contributed by atoms with Crippen LogP contribution in [0.25, 0.3) is 21.3 Å². The molecule has 4 aliphatic rings. The van der Waals surface area contributed by atoms with Crippen LogP contribution in [-0.4, -0.2) is 53.0 Å². The summed E-state index contributed by atoms with van der Waals surface area (Å²) in [6.45, 7) is 1.84. The minimum absolute atomic E-state index is 0. The van der Waals surface area contributed by atoms with E-state index in [9.17, 15) is 22.8 Å². The zero-order valence-electron chi connectivity index (χ0n) is 21.6. The van der Waals surface area contributed by atoms with Crippen LogP contribution < -0.4 is 15.0 Å². The summed E-state index contributed by atoms with van der Waals surface area (Å²) in [6, 6.07) is 6.07. The number of carbonyl (C=O) groups excluding carboxylic acids is 2. The van der Waals surface area contributed by atoms with Gasteiger partial charge in [-0.2, -0.15) is 13.2 Å². The number of hydrogen-bond donors (Lipinski definition) is 1. The minimum atomic E-state index is -4.54. The Labute approximate surface area is 239 Å². The average Bonchev–Trinajstić information content (AvgIpc) is 3.60. The Hall–Kier alpha value is -2.89. The van der Waals surface area contributed by atoms with Crippen molar-refractivity contribution in [2.45, 2.75) is 62.8 Å². The van der Waals surface area contributed by atoms with Crippen LogP contribution in [0.5, 0.6) is 5.75 Å². The molecule has 2 aromatic heterocycles. The van der Waals surface area contributed by atoms with Gasteiger partial charge in [0.1, 0.15) is 12.4 Å². The van der Waals surface area contributed by atoms with Crippen LogP contribution in [0.3, 0.4) is 0 Å². The summed E-state index contributed by atoms with van der Waals surface area (Å²) >= 11 is 1.36. The van der Waals surface area contributed by atoms with E-state index in [2.05, 4.69) is 15.2 Å². The van der Waals surface area contributed by atoms with Crippen LogP contribution in [0.1, 0.15) is 49.0 Å². The van der Waals surface area contributed by atoms with E-state index in [0.29, 0.717) is 35.5 Å². The third-order valence-corrected chi connectivity index (χ3v) is 9.73. The molecule has 1 aliphatic carbocycles. The van der Waals surface area contributed by atoms with Gasteiger partial charge in [-0.1, -0.05) is 0 Å². The van der Waals surface area contributed by atoms with Crippen LogP contribution in [0.4, 0.5) is 18.9 Å². The van der Waals surface area contributed by atoms with Crippen molar-refractivity contribution in [2.24, 2.45) is 0 Å². The number of fused-ring (bicyclic) bond motifs is 2. The average molecular weight is 593 g/mol. The summed E-state index contributed by atoms with van der Waals surface area (Å²) in [4.78, 5) is 33.1. The van der Waals surface area contributed by atoms with Gasteiger partial charge in [0.15, 0.2) is 0 Å². The third-order valence-electron chi connectivity index (χ3n) is 8.59. The van der Waals surface area contributed by atoms with Crippen molar-refractivity contribution in [1.82, 2.24) is 15.2 Å². The maximum absolute atomic E-state index is 14.1. The van der Waals surface area contributed by atoms with Gasteiger partial charge in [0.25, 0.3) is 0 Å². The lowest BCUT2D eigenvalue weighted by molar-refractivity contribution is -0.139. The highest BCUT2D eigenvalue weighted by atomic mass is 35.5. The van der Waals surface area contributed by atoms with Gasteiger partial charge >= 0.3 is 6.18 Å². The van der Waals surface area contributed by atoms with Gasteiger partial charge in [-0.05, 0) is 49.9 Å². The highest BCUT2D eigenvalue weighted by molar-refractivity contribution is 7.19.